The summed E-state index contributed by atoms with van der Waals surface area (Å²) in [6.07, 6.45) is 3.32. The number of nitrogens with zero attached hydrogens (tertiary/aromatic N) is 4. The highest BCUT2D eigenvalue weighted by atomic mass is 16.5. The third-order valence-electron chi connectivity index (χ3n) is 5.14. The van der Waals surface area contributed by atoms with E-state index in [-0.39, 0.29) is 11.4 Å². The summed E-state index contributed by atoms with van der Waals surface area (Å²) >= 11 is 0. The number of ether oxygens (including phenoxy) is 2. The number of primary amides is 1. The quantitative estimate of drug-likeness (QED) is 0.535. The topological polar surface area (TPSA) is 123 Å². The predicted octanol–water partition coefficient (Wildman–Crippen LogP) is 2.13. The molecule has 0 unspecified atom stereocenters. The minimum atomic E-state index is -0.643. The molecule has 4 rings (SSSR count). The standard InChI is InChI=1S/C20H22N6O3/c1-10-5-6-13(29-4)11(2)16(10)26-17(21)14(18(22)27)15-19-23-7-12(8-28-3)25(19)9-24-20(15)26/h5-7,9H,8,21H2,1-4H3,(H2,22,27). The van der Waals surface area contributed by atoms with Crippen LogP contribution in [-0.4, -0.2) is 39.1 Å². The molecule has 0 saturated heterocycles. The highest BCUT2D eigenvalue weighted by Gasteiger charge is 2.26. The van der Waals surface area contributed by atoms with Crippen LogP contribution in [0.1, 0.15) is 27.2 Å². The molecular weight excluding hydrogens is 372 g/mol. The maximum atomic E-state index is 12.4. The van der Waals surface area contributed by atoms with Crippen molar-refractivity contribution in [2.45, 2.75) is 20.5 Å². The highest BCUT2D eigenvalue weighted by molar-refractivity contribution is 6.15. The Morgan fingerprint density at radius 3 is 2.59 bits per heavy atom. The van der Waals surface area contributed by atoms with Gasteiger partial charge >= 0.3 is 0 Å². The summed E-state index contributed by atoms with van der Waals surface area (Å²) in [6.45, 7) is 4.24. The molecule has 3 aromatic heterocycles. The van der Waals surface area contributed by atoms with Crippen LogP contribution < -0.4 is 16.2 Å². The Labute approximate surface area is 166 Å². The Morgan fingerprint density at radius 1 is 1.17 bits per heavy atom. The number of rotatable bonds is 5. The van der Waals surface area contributed by atoms with Gasteiger partial charge in [0.25, 0.3) is 5.91 Å². The van der Waals surface area contributed by atoms with E-state index in [2.05, 4.69) is 9.97 Å². The molecular formula is C20H22N6O3. The molecule has 0 bridgehead atoms. The van der Waals surface area contributed by atoms with Gasteiger partial charge in [0, 0.05) is 12.7 Å². The molecule has 4 aromatic rings. The number of hydrogen-bond acceptors (Lipinski definition) is 6. The summed E-state index contributed by atoms with van der Waals surface area (Å²) in [7, 11) is 3.21. The lowest BCUT2D eigenvalue weighted by Gasteiger charge is -2.16. The first-order chi connectivity index (χ1) is 13.9. The number of anilines is 1. The maximum absolute atomic E-state index is 12.4. The van der Waals surface area contributed by atoms with Crippen LogP contribution in [0, 0.1) is 13.8 Å². The molecule has 0 saturated carbocycles. The zero-order valence-electron chi connectivity index (χ0n) is 16.7. The lowest BCUT2D eigenvalue weighted by molar-refractivity contribution is 0.100. The lowest BCUT2D eigenvalue weighted by atomic mass is 10.1. The highest BCUT2D eigenvalue weighted by Crippen LogP contribution is 2.37. The number of nitrogen functional groups attached to an aromatic ring is 1. The number of imidazole rings is 1. The molecule has 0 aliphatic heterocycles. The molecule has 0 atom stereocenters. The Balaban J connectivity index is 2.17. The second kappa shape index (κ2) is 6.78. The number of amides is 1. The number of hydrogen-bond donors (Lipinski definition) is 2. The monoisotopic (exact) mass is 394 g/mol. The zero-order chi connectivity index (χ0) is 20.9. The van der Waals surface area contributed by atoms with Gasteiger partial charge in [-0.15, -0.1) is 0 Å². The van der Waals surface area contributed by atoms with E-state index in [0.29, 0.717) is 29.0 Å². The van der Waals surface area contributed by atoms with Gasteiger partial charge in [-0.25, -0.2) is 9.97 Å². The van der Waals surface area contributed by atoms with E-state index in [1.165, 1.54) is 0 Å². The maximum Gasteiger partial charge on any atom is 0.253 e. The van der Waals surface area contributed by atoms with Crippen molar-refractivity contribution in [3.8, 4) is 11.4 Å². The van der Waals surface area contributed by atoms with Gasteiger partial charge in [0.05, 0.1) is 42.2 Å². The normalized spacial score (nSPS) is 11.4. The first-order valence-electron chi connectivity index (χ1n) is 8.98. The summed E-state index contributed by atoms with van der Waals surface area (Å²) < 4.78 is 14.2. The molecule has 9 heteroatoms. The van der Waals surface area contributed by atoms with Crippen molar-refractivity contribution in [2.24, 2.45) is 5.73 Å². The van der Waals surface area contributed by atoms with Gasteiger partial charge in [-0.05, 0) is 25.5 Å². The van der Waals surface area contributed by atoms with Gasteiger partial charge in [0.1, 0.15) is 23.5 Å². The fourth-order valence-electron chi connectivity index (χ4n) is 3.85. The summed E-state index contributed by atoms with van der Waals surface area (Å²) in [5.74, 6) is 0.274. The lowest BCUT2D eigenvalue weighted by Crippen LogP contribution is -2.14. The summed E-state index contributed by atoms with van der Waals surface area (Å²) in [6, 6.07) is 3.82. The third-order valence-corrected chi connectivity index (χ3v) is 5.14. The molecule has 29 heavy (non-hydrogen) atoms. The molecule has 1 aromatic carbocycles. The van der Waals surface area contributed by atoms with Crippen molar-refractivity contribution in [3.05, 3.63) is 47.0 Å². The minimum Gasteiger partial charge on any atom is -0.496 e. The van der Waals surface area contributed by atoms with E-state index < -0.39 is 5.91 Å². The molecule has 1 amide bonds. The molecule has 150 valence electrons. The van der Waals surface area contributed by atoms with Crippen LogP contribution in [0.5, 0.6) is 5.75 Å². The van der Waals surface area contributed by atoms with Crippen LogP contribution in [-0.2, 0) is 11.3 Å². The number of methoxy groups -OCH3 is 2. The van der Waals surface area contributed by atoms with Crippen molar-refractivity contribution >= 4 is 28.4 Å². The average molecular weight is 394 g/mol. The molecule has 3 heterocycles. The molecule has 0 radical (unpaired) electrons. The van der Waals surface area contributed by atoms with Gasteiger partial charge in [-0.1, -0.05) is 6.07 Å². The Hall–Kier alpha value is -3.59. The van der Waals surface area contributed by atoms with Crippen molar-refractivity contribution < 1.29 is 14.3 Å². The smallest absolute Gasteiger partial charge is 0.253 e. The minimum absolute atomic E-state index is 0.189. The van der Waals surface area contributed by atoms with Crippen LogP contribution in [0.2, 0.25) is 0 Å². The Morgan fingerprint density at radius 2 is 1.93 bits per heavy atom. The summed E-state index contributed by atoms with van der Waals surface area (Å²) in [4.78, 5) is 21.4. The number of fused-ring (bicyclic) bond motifs is 3. The second-order valence-corrected chi connectivity index (χ2v) is 6.84. The fraction of sp³-hybridized carbons (Fsp3) is 0.250. The van der Waals surface area contributed by atoms with E-state index in [1.807, 2.05) is 26.0 Å². The number of aryl methyl sites for hydroxylation is 1. The van der Waals surface area contributed by atoms with E-state index in [9.17, 15) is 4.79 Å². The predicted molar refractivity (Wildman–Crippen MR) is 109 cm³/mol. The van der Waals surface area contributed by atoms with E-state index >= 15 is 0 Å². The molecule has 4 N–H and O–H groups in total. The second-order valence-electron chi connectivity index (χ2n) is 6.84. The molecule has 0 aliphatic carbocycles. The van der Waals surface area contributed by atoms with Crippen LogP contribution in [0.25, 0.3) is 22.4 Å². The molecule has 0 aliphatic rings. The Bertz CT molecular complexity index is 1270. The summed E-state index contributed by atoms with van der Waals surface area (Å²) in [5, 5.41) is 0.501. The van der Waals surface area contributed by atoms with Crippen molar-refractivity contribution in [1.82, 2.24) is 18.9 Å². The van der Waals surface area contributed by atoms with Crippen molar-refractivity contribution in [2.75, 3.05) is 20.0 Å². The van der Waals surface area contributed by atoms with Crippen LogP contribution >= 0.6 is 0 Å². The van der Waals surface area contributed by atoms with E-state index in [1.54, 1.807) is 35.7 Å². The van der Waals surface area contributed by atoms with Crippen molar-refractivity contribution in [3.63, 3.8) is 0 Å². The van der Waals surface area contributed by atoms with Gasteiger partial charge < -0.3 is 20.9 Å². The van der Waals surface area contributed by atoms with Crippen LogP contribution in [0.4, 0.5) is 5.82 Å². The largest absolute Gasteiger partial charge is 0.496 e. The molecule has 9 nitrogen and oxygen atoms in total. The Kier molecular flexibility index (Phi) is 4.39. The van der Waals surface area contributed by atoms with Gasteiger partial charge in [0.2, 0.25) is 0 Å². The fourth-order valence-corrected chi connectivity index (χ4v) is 3.85. The van der Waals surface area contributed by atoms with Gasteiger partial charge in [0.15, 0.2) is 5.65 Å². The van der Waals surface area contributed by atoms with E-state index in [0.717, 1.165) is 22.5 Å². The first kappa shape index (κ1) is 18.8. The van der Waals surface area contributed by atoms with Gasteiger partial charge in [-0.2, -0.15) is 0 Å². The number of nitrogens with two attached hydrogens (primary N) is 2. The third kappa shape index (κ3) is 2.62. The number of carbonyl (C=O) groups excluding carboxylic acids is 1. The number of aromatic nitrogens is 4. The SMILES string of the molecule is COCc1cnc2c3c(C(N)=O)c(N)n(-c4c(C)ccc(OC)c4C)c3ncn12. The van der Waals surface area contributed by atoms with Gasteiger partial charge in [-0.3, -0.25) is 13.8 Å². The summed E-state index contributed by atoms with van der Waals surface area (Å²) in [5.41, 5.74) is 16.8. The molecule has 0 fully saturated rings. The molecule has 0 spiro atoms. The average Bonchev–Trinajstić information content (AvgIpc) is 3.21. The van der Waals surface area contributed by atoms with Crippen LogP contribution in [0.15, 0.2) is 24.7 Å². The van der Waals surface area contributed by atoms with Crippen molar-refractivity contribution in [1.29, 1.82) is 0 Å². The van der Waals surface area contributed by atoms with Crippen LogP contribution in [0.3, 0.4) is 0 Å². The zero-order valence-corrected chi connectivity index (χ0v) is 16.7. The number of carbonyl (C=O) groups is 1. The van der Waals surface area contributed by atoms with E-state index in [4.69, 9.17) is 20.9 Å². The number of benzene rings is 1. The first-order valence-corrected chi connectivity index (χ1v) is 8.98.